The van der Waals surface area contributed by atoms with Gasteiger partial charge < -0.3 is 15.8 Å². The highest BCUT2D eigenvalue weighted by Gasteiger charge is 2.21. The van der Waals surface area contributed by atoms with Crippen LogP contribution in [0.2, 0.25) is 0 Å². The second-order valence-corrected chi connectivity index (χ2v) is 3.92. The van der Waals surface area contributed by atoms with Crippen LogP contribution in [0.25, 0.3) is 0 Å². The number of hydrogen-bond donors (Lipinski definition) is 2. The Bertz CT molecular complexity index is 392. The quantitative estimate of drug-likeness (QED) is 0.812. The number of primary amides is 1. The van der Waals surface area contributed by atoms with E-state index in [1.54, 1.807) is 12.1 Å². The predicted molar refractivity (Wildman–Crippen MR) is 69.1 cm³/mol. The van der Waals surface area contributed by atoms with Gasteiger partial charge in [0.25, 0.3) is 5.91 Å². The number of anilines is 1. The zero-order valence-corrected chi connectivity index (χ0v) is 10.4. The molecule has 0 aromatic heterocycles. The van der Waals surface area contributed by atoms with Gasteiger partial charge in [-0.1, -0.05) is 31.5 Å². The van der Waals surface area contributed by atoms with Crippen LogP contribution < -0.4 is 11.1 Å². The Labute approximate surface area is 106 Å². The van der Waals surface area contributed by atoms with Crippen LogP contribution in [0.15, 0.2) is 30.3 Å². The minimum absolute atomic E-state index is 0.353. The molecule has 0 saturated carbocycles. The Morgan fingerprint density at radius 3 is 2.56 bits per heavy atom. The van der Waals surface area contributed by atoms with Crippen LogP contribution in [0, 0.1) is 0 Å². The summed E-state index contributed by atoms with van der Waals surface area (Å²) in [5, 5.41) is 2.68. The zero-order chi connectivity index (χ0) is 13.4. The molecule has 1 atom stereocenters. The molecule has 5 heteroatoms. The maximum absolute atomic E-state index is 11.9. The Morgan fingerprint density at radius 1 is 1.33 bits per heavy atom. The average molecular weight is 250 g/mol. The van der Waals surface area contributed by atoms with Crippen molar-refractivity contribution in [3.8, 4) is 0 Å². The fourth-order valence-electron chi connectivity index (χ4n) is 1.52. The molecule has 3 N–H and O–H groups in total. The van der Waals surface area contributed by atoms with Gasteiger partial charge in [0.2, 0.25) is 0 Å². The zero-order valence-electron chi connectivity index (χ0n) is 10.4. The molecule has 1 aromatic carbocycles. The third kappa shape index (κ3) is 4.86. The first kappa shape index (κ1) is 14.0. The monoisotopic (exact) mass is 250 g/mol. The molecule has 0 aliphatic heterocycles. The summed E-state index contributed by atoms with van der Waals surface area (Å²) in [7, 11) is 0. The van der Waals surface area contributed by atoms with E-state index in [0.29, 0.717) is 12.1 Å². The number of hydrogen-bond acceptors (Lipinski definition) is 3. The van der Waals surface area contributed by atoms with Crippen molar-refractivity contribution >= 4 is 17.7 Å². The molecule has 0 saturated heterocycles. The van der Waals surface area contributed by atoms with Gasteiger partial charge in [-0.15, -0.1) is 0 Å². The van der Waals surface area contributed by atoms with Crippen molar-refractivity contribution in [2.75, 3.05) is 5.32 Å². The molecule has 0 fully saturated rings. The maximum atomic E-state index is 11.9. The summed E-state index contributed by atoms with van der Waals surface area (Å²) in [5.74, 6) is -0.353. The van der Waals surface area contributed by atoms with Gasteiger partial charge in [-0.2, -0.15) is 0 Å². The highest BCUT2D eigenvalue weighted by Crippen LogP contribution is 2.10. The molecule has 2 amide bonds. The molecule has 0 aliphatic rings. The SMILES string of the molecule is CCCCC(OC(N)=O)C(=O)Nc1ccccc1. The standard InChI is InChI=1S/C13H18N2O3/c1-2-3-9-11(18-13(14)17)12(16)15-10-7-5-4-6-8-10/h4-8,11H,2-3,9H2,1H3,(H2,14,17)(H,15,16). The van der Waals surface area contributed by atoms with E-state index in [2.05, 4.69) is 5.32 Å². The third-order valence-electron chi connectivity index (χ3n) is 2.41. The lowest BCUT2D eigenvalue weighted by atomic mass is 10.1. The van der Waals surface area contributed by atoms with Crippen LogP contribution in [-0.4, -0.2) is 18.1 Å². The summed E-state index contributed by atoms with van der Waals surface area (Å²) in [6.07, 6.45) is 0.414. The molecule has 0 bridgehead atoms. The largest absolute Gasteiger partial charge is 0.436 e. The Kier molecular flexibility index (Phi) is 5.70. The molecule has 0 heterocycles. The van der Waals surface area contributed by atoms with Crippen LogP contribution in [0.1, 0.15) is 26.2 Å². The first-order valence-electron chi connectivity index (χ1n) is 5.95. The highest BCUT2D eigenvalue weighted by atomic mass is 16.6. The number of nitrogens with two attached hydrogens (primary N) is 1. The van der Waals surface area contributed by atoms with Crippen molar-refractivity contribution in [3.63, 3.8) is 0 Å². The first-order chi connectivity index (χ1) is 8.63. The van der Waals surface area contributed by atoms with E-state index in [1.807, 2.05) is 25.1 Å². The molecule has 18 heavy (non-hydrogen) atoms. The van der Waals surface area contributed by atoms with E-state index < -0.39 is 12.2 Å². The van der Waals surface area contributed by atoms with E-state index in [9.17, 15) is 9.59 Å². The summed E-state index contributed by atoms with van der Waals surface area (Å²) in [4.78, 5) is 22.7. The van der Waals surface area contributed by atoms with Crippen molar-refractivity contribution in [2.45, 2.75) is 32.3 Å². The number of nitrogens with one attached hydrogen (secondary N) is 1. The summed E-state index contributed by atoms with van der Waals surface area (Å²) < 4.78 is 4.81. The molecule has 1 unspecified atom stereocenters. The summed E-state index contributed by atoms with van der Waals surface area (Å²) in [6.45, 7) is 2.00. The molecule has 0 aliphatic carbocycles. The van der Waals surface area contributed by atoms with Crippen LogP contribution >= 0.6 is 0 Å². The van der Waals surface area contributed by atoms with Gasteiger partial charge >= 0.3 is 6.09 Å². The molecular weight excluding hydrogens is 232 g/mol. The number of rotatable bonds is 6. The first-order valence-corrected chi connectivity index (χ1v) is 5.95. The lowest BCUT2D eigenvalue weighted by Gasteiger charge is -2.16. The van der Waals surface area contributed by atoms with E-state index in [1.165, 1.54) is 0 Å². The second-order valence-electron chi connectivity index (χ2n) is 3.92. The van der Waals surface area contributed by atoms with Crippen molar-refractivity contribution in [2.24, 2.45) is 5.73 Å². The molecule has 5 nitrogen and oxygen atoms in total. The van der Waals surface area contributed by atoms with E-state index in [0.717, 1.165) is 12.8 Å². The van der Waals surface area contributed by atoms with Gasteiger partial charge in [-0.3, -0.25) is 4.79 Å². The van der Waals surface area contributed by atoms with E-state index in [-0.39, 0.29) is 5.91 Å². The Balaban J connectivity index is 2.60. The average Bonchev–Trinajstić information content (AvgIpc) is 2.35. The number of carbonyl (C=O) groups excluding carboxylic acids is 2. The van der Waals surface area contributed by atoms with Gasteiger partial charge in [-0.25, -0.2) is 4.79 Å². The van der Waals surface area contributed by atoms with Crippen LogP contribution in [-0.2, 0) is 9.53 Å². The minimum Gasteiger partial charge on any atom is -0.436 e. The topological polar surface area (TPSA) is 81.4 Å². The second kappa shape index (κ2) is 7.32. The van der Waals surface area contributed by atoms with Crippen molar-refractivity contribution in [1.82, 2.24) is 0 Å². The number of ether oxygens (including phenoxy) is 1. The molecule has 0 spiro atoms. The number of benzene rings is 1. The number of amides is 2. The predicted octanol–water partition coefficient (Wildman–Crippen LogP) is 2.28. The maximum Gasteiger partial charge on any atom is 0.405 e. The van der Waals surface area contributed by atoms with Crippen LogP contribution in [0.3, 0.4) is 0 Å². The van der Waals surface area contributed by atoms with Gasteiger partial charge in [0.15, 0.2) is 6.10 Å². The Morgan fingerprint density at radius 2 is 2.00 bits per heavy atom. The molecule has 98 valence electrons. The van der Waals surface area contributed by atoms with Gasteiger partial charge in [0.05, 0.1) is 0 Å². The minimum atomic E-state index is -0.931. The molecule has 1 rings (SSSR count). The van der Waals surface area contributed by atoms with Crippen molar-refractivity contribution < 1.29 is 14.3 Å². The number of unbranched alkanes of at least 4 members (excludes halogenated alkanes) is 1. The third-order valence-corrected chi connectivity index (χ3v) is 2.41. The normalized spacial score (nSPS) is 11.6. The lowest BCUT2D eigenvalue weighted by Crippen LogP contribution is -2.34. The van der Waals surface area contributed by atoms with E-state index >= 15 is 0 Å². The van der Waals surface area contributed by atoms with Gasteiger partial charge in [0.1, 0.15) is 0 Å². The van der Waals surface area contributed by atoms with E-state index in [4.69, 9.17) is 10.5 Å². The van der Waals surface area contributed by atoms with Crippen LogP contribution in [0.4, 0.5) is 10.5 Å². The molecular formula is C13H18N2O3. The fraction of sp³-hybridized carbons (Fsp3) is 0.385. The van der Waals surface area contributed by atoms with Crippen LogP contribution in [0.5, 0.6) is 0 Å². The fourth-order valence-corrected chi connectivity index (χ4v) is 1.52. The van der Waals surface area contributed by atoms with Crippen molar-refractivity contribution in [3.05, 3.63) is 30.3 Å². The summed E-state index contributed by atoms with van der Waals surface area (Å²) in [5.41, 5.74) is 5.62. The summed E-state index contributed by atoms with van der Waals surface area (Å²) >= 11 is 0. The highest BCUT2D eigenvalue weighted by molar-refractivity contribution is 5.95. The van der Waals surface area contributed by atoms with Gasteiger partial charge in [-0.05, 0) is 25.0 Å². The smallest absolute Gasteiger partial charge is 0.405 e. The van der Waals surface area contributed by atoms with Gasteiger partial charge in [0, 0.05) is 5.69 Å². The Hall–Kier alpha value is -2.04. The lowest BCUT2D eigenvalue weighted by molar-refractivity contribution is -0.124. The van der Waals surface area contributed by atoms with Crippen molar-refractivity contribution in [1.29, 1.82) is 0 Å². The summed E-state index contributed by atoms with van der Waals surface area (Å²) in [6, 6.07) is 9.00. The molecule has 0 radical (unpaired) electrons. The number of para-hydroxylation sites is 1. The molecule has 1 aromatic rings. The number of carbonyl (C=O) groups is 2.